The maximum atomic E-state index is 14.2. The van der Waals surface area contributed by atoms with Gasteiger partial charge in [-0.05, 0) is 87.3 Å². The number of piperidine rings is 2. The molecule has 0 radical (unpaired) electrons. The SMILES string of the molecule is CCOc1cccc(C(O)(C(=O)N2CCC(CC3CCN(c4ccc(C(=O)N(C)C)cc4)CC3)CC2)C(F)(F)F)c1. The molecule has 0 bridgehead atoms. The molecule has 10 heteroatoms. The number of benzene rings is 2. The molecular formula is C31H40F3N3O4. The van der Waals surface area contributed by atoms with Gasteiger partial charge in [-0.1, -0.05) is 12.1 Å². The fourth-order valence-electron chi connectivity index (χ4n) is 5.96. The Morgan fingerprint density at radius 3 is 2.07 bits per heavy atom. The summed E-state index contributed by atoms with van der Waals surface area (Å²) < 4.78 is 47.8. The fraction of sp³-hybridized carbons (Fsp3) is 0.548. The van der Waals surface area contributed by atoms with Crippen molar-refractivity contribution in [1.29, 1.82) is 0 Å². The molecule has 2 aliphatic rings. The second kappa shape index (κ2) is 12.7. The Kier molecular flexibility index (Phi) is 9.51. The monoisotopic (exact) mass is 575 g/mol. The summed E-state index contributed by atoms with van der Waals surface area (Å²) in [5.41, 5.74) is -2.41. The van der Waals surface area contributed by atoms with Gasteiger partial charge in [-0.25, -0.2) is 0 Å². The van der Waals surface area contributed by atoms with E-state index < -0.39 is 23.2 Å². The fourth-order valence-corrected chi connectivity index (χ4v) is 5.96. The minimum atomic E-state index is -5.18. The molecule has 0 aliphatic carbocycles. The minimum absolute atomic E-state index is 0.0260. The lowest BCUT2D eigenvalue weighted by Gasteiger charge is -2.40. The van der Waals surface area contributed by atoms with Gasteiger partial charge in [0.1, 0.15) is 5.75 Å². The second-order valence-electron chi connectivity index (χ2n) is 11.3. The van der Waals surface area contributed by atoms with Crippen LogP contribution >= 0.6 is 0 Å². The standard InChI is InChI=1S/C31H40F3N3O4/c1-4-41-27-7-5-6-25(21-27)30(40,31(32,33)34)29(39)37-18-14-23(15-19-37)20-22-12-16-36(17-13-22)26-10-8-24(9-11-26)28(38)35(2)3/h5-11,21-23,40H,4,12-20H2,1-3H3. The highest BCUT2D eigenvalue weighted by atomic mass is 19.4. The molecule has 0 aromatic heterocycles. The summed E-state index contributed by atoms with van der Waals surface area (Å²) >= 11 is 0. The third kappa shape index (κ3) is 6.80. The molecule has 2 fully saturated rings. The summed E-state index contributed by atoms with van der Waals surface area (Å²) in [5, 5.41) is 10.8. The van der Waals surface area contributed by atoms with Crippen molar-refractivity contribution in [3.05, 3.63) is 59.7 Å². The number of carbonyl (C=O) groups is 2. The van der Waals surface area contributed by atoms with Gasteiger partial charge in [0, 0.05) is 57.1 Å². The van der Waals surface area contributed by atoms with Crippen molar-refractivity contribution >= 4 is 17.5 Å². The third-order valence-corrected chi connectivity index (χ3v) is 8.35. The zero-order chi connectivity index (χ0) is 29.8. The number of alkyl halides is 3. The molecule has 2 amide bonds. The summed E-state index contributed by atoms with van der Waals surface area (Å²) in [6, 6.07) is 12.7. The molecule has 2 saturated heterocycles. The molecular weight excluding hydrogens is 535 g/mol. The Balaban J connectivity index is 1.30. The van der Waals surface area contributed by atoms with Crippen LogP contribution in [0.5, 0.6) is 5.75 Å². The average molecular weight is 576 g/mol. The first-order valence-corrected chi connectivity index (χ1v) is 14.3. The summed E-state index contributed by atoms with van der Waals surface area (Å²) in [6.07, 6.45) is -0.947. The van der Waals surface area contributed by atoms with Crippen molar-refractivity contribution in [2.24, 2.45) is 11.8 Å². The maximum absolute atomic E-state index is 14.2. The zero-order valence-electron chi connectivity index (χ0n) is 24.0. The van der Waals surface area contributed by atoms with Gasteiger partial charge in [-0.2, -0.15) is 13.2 Å². The normalized spacial score (nSPS) is 18.6. The van der Waals surface area contributed by atoms with Crippen LogP contribution in [-0.2, 0) is 10.4 Å². The van der Waals surface area contributed by atoms with Crippen LogP contribution in [0.25, 0.3) is 0 Å². The molecule has 2 aromatic carbocycles. The molecule has 224 valence electrons. The van der Waals surface area contributed by atoms with Crippen LogP contribution < -0.4 is 9.64 Å². The number of halogens is 3. The number of hydrogen-bond donors (Lipinski definition) is 1. The smallest absolute Gasteiger partial charge is 0.430 e. The topological polar surface area (TPSA) is 73.3 Å². The lowest BCUT2D eigenvalue weighted by Crippen LogP contribution is -2.57. The number of rotatable bonds is 8. The maximum Gasteiger partial charge on any atom is 0.430 e. The second-order valence-corrected chi connectivity index (χ2v) is 11.3. The molecule has 1 N–H and O–H groups in total. The lowest BCUT2D eigenvalue weighted by molar-refractivity contribution is -0.262. The highest BCUT2D eigenvalue weighted by Gasteiger charge is 2.62. The molecule has 4 rings (SSSR count). The van der Waals surface area contributed by atoms with Crippen LogP contribution in [-0.4, -0.2) is 79.8 Å². The Bertz CT molecular complexity index is 1190. The van der Waals surface area contributed by atoms with E-state index in [0.29, 0.717) is 30.2 Å². The number of aliphatic hydroxyl groups is 1. The van der Waals surface area contributed by atoms with Crippen molar-refractivity contribution in [2.75, 3.05) is 51.8 Å². The van der Waals surface area contributed by atoms with Crippen molar-refractivity contribution in [3.63, 3.8) is 0 Å². The molecule has 2 aliphatic heterocycles. The molecule has 1 unspecified atom stereocenters. The Hall–Kier alpha value is -3.27. The van der Waals surface area contributed by atoms with E-state index in [1.165, 1.54) is 12.1 Å². The number of carbonyl (C=O) groups excluding carboxylic acids is 2. The van der Waals surface area contributed by atoms with E-state index in [1.54, 1.807) is 25.9 Å². The molecule has 7 nitrogen and oxygen atoms in total. The molecule has 0 spiro atoms. The van der Waals surface area contributed by atoms with E-state index in [4.69, 9.17) is 4.74 Å². The van der Waals surface area contributed by atoms with Crippen molar-refractivity contribution in [3.8, 4) is 5.75 Å². The van der Waals surface area contributed by atoms with Crippen LogP contribution in [0.3, 0.4) is 0 Å². The third-order valence-electron chi connectivity index (χ3n) is 8.35. The lowest BCUT2D eigenvalue weighted by atomic mass is 9.82. The summed E-state index contributed by atoms with van der Waals surface area (Å²) in [6.45, 7) is 4.13. The quantitative estimate of drug-likeness (QED) is 0.475. The van der Waals surface area contributed by atoms with Gasteiger partial charge in [0.05, 0.1) is 6.61 Å². The summed E-state index contributed by atoms with van der Waals surface area (Å²) in [4.78, 5) is 30.4. The predicted octanol–water partition coefficient (Wildman–Crippen LogP) is 5.08. The van der Waals surface area contributed by atoms with E-state index in [9.17, 15) is 27.9 Å². The van der Waals surface area contributed by atoms with Crippen LogP contribution in [0.15, 0.2) is 48.5 Å². The summed E-state index contributed by atoms with van der Waals surface area (Å²) in [5.74, 6) is -0.346. The molecule has 2 heterocycles. The number of ether oxygens (including phenoxy) is 1. The first-order chi connectivity index (χ1) is 19.4. The van der Waals surface area contributed by atoms with Crippen LogP contribution in [0, 0.1) is 11.8 Å². The van der Waals surface area contributed by atoms with Crippen LogP contribution in [0.4, 0.5) is 18.9 Å². The van der Waals surface area contributed by atoms with Crippen molar-refractivity contribution in [1.82, 2.24) is 9.80 Å². The highest BCUT2D eigenvalue weighted by Crippen LogP contribution is 2.42. The van der Waals surface area contributed by atoms with E-state index >= 15 is 0 Å². The first-order valence-electron chi connectivity index (χ1n) is 14.3. The summed E-state index contributed by atoms with van der Waals surface area (Å²) in [7, 11) is 3.46. The predicted molar refractivity (Wildman–Crippen MR) is 151 cm³/mol. The van der Waals surface area contributed by atoms with Crippen LogP contribution in [0.2, 0.25) is 0 Å². The van der Waals surface area contributed by atoms with Gasteiger partial charge in [0.25, 0.3) is 17.4 Å². The largest absolute Gasteiger partial charge is 0.494 e. The minimum Gasteiger partial charge on any atom is -0.494 e. The zero-order valence-corrected chi connectivity index (χ0v) is 24.0. The Morgan fingerprint density at radius 2 is 1.54 bits per heavy atom. The van der Waals surface area contributed by atoms with E-state index in [-0.39, 0.29) is 31.4 Å². The Labute approximate surface area is 239 Å². The Morgan fingerprint density at radius 1 is 0.951 bits per heavy atom. The van der Waals surface area contributed by atoms with Gasteiger partial charge in [-0.15, -0.1) is 0 Å². The number of nitrogens with zero attached hydrogens (tertiary/aromatic N) is 3. The molecule has 1 atom stereocenters. The first kappa shape index (κ1) is 30.7. The van der Waals surface area contributed by atoms with Gasteiger partial charge in [0.15, 0.2) is 0 Å². The molecule has 0 saturated carbocycles. The average Bonchev–Trinajstić information content (AvgIpc) is 2.96. The van der Waals surface area contributed by atoms with Gasteiger partial charge in [0.2, 0.25) is 0 Å². The highest BCUT2D eigenvalue weighted by molar-refractivity contribution is 5.94. The number of hydrogen-bond acceptors (Lipinski definition) is 5. The number of amides is 2. The molecule has 2 aromatic rings. The van der Waals surface area contributed by atoms with E-state index in [0.717, 1.165) is 55.1 Å². The van der Waals surface area contributed by atoms with E-state index in [2.05, 4.69) is 4.90 Å². The van der Waals surface area contributed by atoms with Gasteiger partial charge < -0.3 is 24.5 Å². The van der Waals surface area contributed by atoms with Crippen molar-refractivity contribution in [2.45, 2.75) is 50.8 Å². The molecule has 41 heavy (non-hydrogen) atoms. The van der Waals surface area contributed by atoms with Gasteiger partial charge >= 0.3 is 6.18 Å². The number of likely N-dealkylation sites (tertiary alicyclic amines) is 1. The van der Waals surface area contributed by atoms with Crippen LogP contribution in [0.1, 0.15) is 54.9 Å². The van der Waals surface area contributed by atoms with E-state index in [1.807, 2.05) is 24.3 Å². The van der Waals surface area contributed by atoms with Crippen molar-refractivity contribution < 1.29 is 32.6 Å². The van der Waals surface area contributed by atoms with Gasteiger partial charge in [-0.3, -0.25) is 9.59 Å². The number of anilines is 1.